The third-order valence-electron chi connectivity index (χ3n) is 4.70. The highest BCUT2D eigenvalue weighted by Crippen LogP contribution is 2.42. The van der Waals surface area contributed by atoms with Crippen LogP contribution in [0, 0.1) is 0 Å². The zero-order valence-corrected chi connectivity index (χ0v) is 13.5. The van der Waals surface area contributed by atoms with Gasteiger partial charge in [0.2, 0.25) is 0 Å². The number of nitrogens with zero attached hydrogens (tertiary/aromatic N) is 3. The Kier molecular flexibility index (Phi) is 3.92. The van der Waals surface area contributed by atoms with E-state index in [0.29, 0.717) is 25.0 Å². The minimum absolute atomic E-state index is 0.164. The number of rotatable bonds is 3. The van der Waals surface area contributed by atoms with Gasteiger partial charge >= 0.3 is 0 Å². The Morgan fingerprint density at radius 2 is 2.04 bits per heavy atom. The van der Waals surface area contributed by atoms with Crippen molar-refractivity contribution < 1.29 is 18.2 Å². The van der Waals surface area contributed by atoms with Crippen LogP contribution in [-0.2, 0) is 26.3 Å². The molecule has 0 aromatic carbocycles. The summed E-state index contributed by atoms with van der Waals surface area (Å²) in [7, 11) is 0. The monoisotopic (exact) mass is 336 g/mol. The van der Waals surface area contributed by atoms with Crippen molar-refractivity contribution in [3.05, 3.63) is 29.8 Å². The molecule has 3 heterocycles. The second-order valence-electron chi connectivity index (χ2n) is 6.10. The predicted octanol–water partition coefficient (Wildman–Crippen LogP) is 1.51. The van der Waals surface area contributed by atoms with Crippen molar-refractivity contribution in [3.63, 3.8) is 0 Å². The van der Waals surface area contributed by atoms with Gasteiger partial charge in [-0.25, -0.2) is 9.50 Å². The molecule has 23 heavy (non-hydrogen) atoms. The summed E-state index contributed by atoms with van der Waals surface area (Å²) in [6.07, 6.45) is 5.38. The van der Waals surface area contributed by atoms with E-state index in [4.69, 9.17) is 9.47 Å². The van der Waals surface area contributed by atoms with E-state index in [9.17, 15) is 8.76 Å². The van der Waals surface area contributed by atoms with Crippen LogP contribution in [0.4, 0.5) is 0 Å². The zero-order valence-electron chi connectivity index (χ0n) is 12.6. The molecule has 2 aromatic rings. The fourth-order valence-corrected chi connectivity index (χ4v) is 3.92. The summed E-state index contributed by atoms with van der Waals surface area (Å²) >= 11 is -2.19. The van der Waals surface area contributed by atoms with Crippen LogP contribution in [0.1, 0.15) is 43.1 Å². The lowest BCUT2D eigenvalue weighted by Crippen LogP contribution is -2.34. The minimum atomic E-state index is -2.19. The maximum absolute atomic E-state index is 10.9. The van der Waals surface area contributed by atoms with Crippen molar-refractivity contribution in [2.75, 3.05) is 13.2 Å². The second kappa shape index (κ2) is 5.94. The molecule has 2 fully saturated rings. The van der Waals surface area contributed by atoms with Crippen molar-refractivity contribution in [1.82, 2.24) is 14.6 Å². The predicted molar refractivity (Wildman–Crippen MR) is 81.5 cm³/mol. The lowest BCUT2D eigenvalue weighted by molar-refractivity contribution is -0.179. The molecule has 4 rings (SSSR count). The lowest BCUT2D eigenvalue weighted by Gasteiger charge is -2.35. The molecule has 8 heteroatoms. The number of hydrogen-bond donors (Lipinski definition) is 0. The molecule has 0 radical (unpaired) electrons. The van der Waals surface area contributed by atoms with E-state index >= 15 is 0 Å². The quantitative estimate of drug-likeness (QED) is 0.789. The molecule has 124 valence electrons. The molecule has 1 unspecified atom stereocenters. The number of hydrogen-bond acceptors (Lipinski definition) is 6. The molecule has 2 aliphatic rings. The Balaban J connectivity index is 1.58. The van der Waals surface area contributed by atoms with Crippen molar-refractivity contribution in [1.29, 1.82) is 0 Å². The Labute approximate surface area is 136 Å². The van der Waals surface area contributed by atoms with E-state index in [1.807, 2.05) is 10.6 Å². The Bertz CT molecular complexity index is 731. The first-order valence-corrected chi connectivity index (χ1v) is 9.07. The molecule has 0 N–H and O–H groups in total. The lowest BCUT2D eigenvalue weighted by atomic mass is 9.83. The van der Waals surface area contributed by atoms with Gasteiger partial charge in [0.25, 0.3) is 0 Å². The van der Waals surface area contributed by atoms with Crippen LogP contribution in [0.5, 0.6) is 0 Å². The van der Waals surface area contributed by atoms with E-state index in [1.54, 1.807) is 6.20 Å². The normalized spacial score (nSPS) is 22.8. The molecule has 1 saturated heterocycles. The van der Waals surface area contributed by atoms with E-state index in [2.05, 4.69) is 16.1 Å². The second-order valence-corrected chi connectivity index (χ2v) is 7.00. The number of aromatic nitrogens is 3. The van der Waals surface area contributed by atoms with Crippen LogP contribution in [0.3, 0.4) is 0 Å². The van der Waals surface area contributed by atoms with Crippen LogP contribution in [0.25, 0.3) is 5.52 Å². The van der Waals surface area contributed by atoms with Crippen molar-refractivity contribution >= 4 is 16.6 Å². The van der Waals surface area contributed by atoms with Crippen LogP contribution in [-0.4, -0.2) is 42.4 Å². The van der Waals surface area contributed by atoms with Gasteiger partial charge in [-0.3, -0.25) is 4.21 Å². The average Bonchev–Trinajstić information content (AvgIpc) is 3.15. The first-order chi connectivity index (χ1) is 11.2. The van der Waals surface area contributed by atoms with E-state index < -0.39 is 11.1 Å². The molecule has 2 aromatic heterocycles. The molecule has 0 bridgehead atoms. The van der Waals surface area contributed by atoms with Gasteiger partial charge in [-0.1, -0.05) is 0 Å². The standard InChI is InChI=1S/C15H19N3O4S/c19-23(20)10-14-16-9-12-1-2-13(18(12)17-14)11-3-5-15(6-4-11)21-7-8-22-15/h1-2,9,11H,3-8,10H2,(H,19,20)/p-1. The van der Waals surface area contributed by atoms with Crippen molar-refractivity contribution in [3.8, 4) is 0 Å². The molecular formula is C15H18N3O4S-. The summed E-state index contributed by atoms with van der Waals surface area (Å²) in [5.74, 6) is 0.154. The van der Waals surface area contributed by atoms with Gasteiger partial charge in [-0.2, -0.15) is 5.10 Å². The van der Waals surface area contributed by atoms with Crippen LogP contribution in [0.2, 0.25) is 0 Å². The first-order valence-electron chi connectivity index (χ1n) is 7.83. The van der Waals surface area contributed by atoms with Gasteiger partial charge in [-0.05, 0) is 36.1 Å². The summed E-state index contributed by atoms with van der Waals surface area (Å²) in [6, 6.07) is 4.03. The van der Waals surface area contributed by atoms with Crippen molar-refractivity contribution in [2.24, 2.45) is 0 Å². The minimum Gasteiger partial charge on any atom is -0.772 e. The highest BCUT2D eigenvalue weighted by molar-refractivity contribution is 7.78. The topological polar surface area (TPSA) is 88.8 Å². The fourth-order valence-electron chi connectivity index (χ4n) is 3.58. The molecule has 1 atom stereocenters. The van der Waals surface area contributed by atoms with Gasteiger partial charge < -0.3 is 14.0 Å². The molecule has 7 nitrogen and oxygen atoms in total. The third-order valence-corrected chi connectivity index (χ3v) is 5.20. The maximum atomic E-state index is 10.9. The molecular weight excluding hydrogens is 318 g/mol. The molecule has 1 saturated carbocycles. The van der Waals surface area contributed by atoms with Gasteiger partial charge in [0.1, 0.15) is 0 Å². The highest BCUT2D eigenvalue weighted by atomic mass is 32.2. The summed E-state index contributed by atoms with van der Waals surface area (Å²) < 4.78 is 35.1. The van der Waals surface area contributed by atoms with Gasteiger partial charge in [0.05, 0.1) is 30.7 Å². The van der Waals surface area contributed by atoms with Gasteiger partial charge in [-0.15, -0.1) is 0 Å². The Morgan fingerprint density at radius 1 is 1.30 bits per heavy atom. The van der Waals surface area contributed by atoms with Crippen LogP contribution in [0.15, 0.2) is 18.3 Å². The van der Waals surface area contributed by atoms with Crippen molar-refractivity contribution in [2.45, 2.75) is 43.1 Å². The maximum Gasteiger partial charge on any atom is 0.168 e. The number of ether oxygens (including phenoxy) is 2. The van der Waals surface area contributed by atoms with Gasteiger partial charge in [0.15, 0.2) is 11.6 Å². The zero-order chi connectivity index (χ0) is 15.9. The van der Waals surface area contributed by atoms with Crippen LogP contribution >= 0.6 is 0 Å². The molecule has 1 spiro atoms. The number of fused-ring (bicyclic) bond motifs is 1. The van der Waals surface area contributed by atoms with E-state index in [1.165, 1.54) is 0 Å². The largest absolute Gasteiger partial charge is 0.772 e. The Morgan fingerprint density at radius 3 is 2.74 bits per heavy atom. The molecule has 0 amide bonds. The smallest absolute Gasteiger partial charge is 0.168 e. The Hall–Kier alpha value is -1.35. The SMILES string of the molecule is O=S([O-])Cc1ncc2ccc(C3CCC4(CC3)OCCO4)n2n1. The molecule has 1 aliphatic heterocycles. The highest BCUT2D eigenvalue weighted by Gasteiger charge is 2.41. The molecule has 1 aliphatic carbocycles. The van der Waals surface area contributed by atoms with Gasteiger partial charge in [0, 0.05) is 24.5 Å². The summed E-state index contributed by atoms with van der Waals surface area (Å²) in [5, 5.41) is 4.39. The summed E-state index contributed by atoms with van der Waals surface area (Å²) in [4.78, 5) is 4.10. The van der Waals surface area contributed by atoms with Crippen LogP contribution < -0.4 is 0 Å². The fraction of sp³-hybridized carbons (Fsp3) is 0.600. The summed E-state index contributed by atoms with van der Waals surface area (Å²) in [5.41, 5.74) is 1.99. The summed E-state index contributed by atoms with van der Waals surface area (Å²) in [6.45, 7) is 1.36. The van der Waals surface area contributed by atoms with E-state index in [0.717, 1.165) is 36.9 Å². The average molecular weight is 336 g/mol. The third kappa shape index (κ3) is 2.91. The first kappa shape index (κ1) is 15.2. The van der Waals surface area contributed by atoms with E-state index in [-0.39, 0.29) is 11.5 Å².